The first-order valence-electron chi connectivity index (χ1n) is 6.03. The molecule has 0 amide bonds. The SMILES string of the molecule is CCN(CC)C1CCNc2ccc(Br)cc21. The van der Waals surface area contributed by atoms with E-state index in [0.717, 1.165) is 19.6 Å². The maximum atomic E-state index is 3.56. The third kappa shape index (κ3) is 2.25. The third-order valence-corrected chi connectivity index (χ3v) is 3.85. The maximum Gasteiger partial charge on any atom is 0.0389 e. The van der Waals surface area contributed by atoms with Gasteiger partial charge in [-0.3, -0.25) is 4.90 Å². The summed E-state index contributed by atoms with van der Waals surface area (Å²) in [5, 5.41) is 3.48. The molecule has 0 saturated carbocycles. The number of halogens is 1. The highest BCUT2D eigenvalue weighted by molar-refractivity contribution is 9.10. The second-order valence-electron chi connectivity index (χ2n) is 4.18. The first-order chi connectivity index (χ1) is 7.76. The molecule has 3 heteroatoms. The molecular weight excluding hydrogens is 264 g/mol. The smallest absolute Gasteiger partial charge is 0.0389 e. The monoisotopic (exact) mass is 282 g/mol. The molecule has 1 aromatic carbocycles. The van der Waals surface area contributed by atoms with Gasteiger partial charge < -0.3 is 5.32 Å². The minimum Gasteiger partial charge on any atom is -0.385 e. The van der Waals surface area contributed by atoms with E-state index < -0.39 is 0 Å². The van der Waals surface area contributed by atoms with E-state index in [1.165, 1.54) is 22.1 Å². The van der Waals surface area contributed by atoms with Crippen molar-refractivity contribution in [1.29, 1.82) is 0 Å². The molecule has 1 unspecified atom stereocenters. The van der Waals surface area contributed by atoms with Gasteiger partial charge in [0.2, 0.25) is 0 Å². The first-order valence-corrected chi connectivity index (χ1v) is 6.83. The van der Waals surface area contributed by atoms with Crippen molar-refractivity contribution < 1.29 is 0 Å². The standard InChI is InChI=1S/C13H19BrN2/c1-3-16(4-2)13-7-8-15-12-6-5-10(14)9-11(12)13/h5-6,9,13,15H,3-4,7-8H2,1-2H3. The van der Waals surface area contributed by atoms with Crippen molar-refractivity contribution in [2.24, 2.45) is 0 Å². The Balaban J connectivity index is 2.34. The van der Waals surface area contributed by atoms with Crippen molar-refractivity contribution in [3.8, 4) is 0 Å². The number of benzene rings is 1. The van der Waals surface area contributed by atoms with Crippen molar-refractivity contribution in [3.63, 3.8) is 0 Å². The summed E-state index contributed by atoms with van der Waals surface area (Å²) >= 11 is 3.56. The van der Waals surface area contributed by atoms with Gasteiger partial charge in [-0.1, -0.05) is 29.8 Å². The third-order valence-electron chi connectivity index (χ3n) is 3.36. The lowest BCUT2D eigenvalue weighted by Crippen LogP contribution is -2.33. The average molecular weight is 283 g/mol. The Hall–Kier alpha value is -0.540. The normalized spacial score (nSPS) is 19.4. The Morgan fingerprint density at radius 2 is 2.12 bits per heavy atom. The van der Waals surface area contributed by atoms with Gasteiger partial charge in [0.25, 0.3) is 0 Å². The number of rotatable bonds is 3. The highest BCUT2D eigenvalue weighted by Crippen LogP contribution is 2.35. The molecule has 1 aromatic rings. The largest absolute Gasteiger partial charge is 0.385 e. The molecule has 88 valence electrons. The molecule has 0 fully saturated rings. The van der Waals surface area contributed by atoms with Crippen LogP contribution in [0.1, 0.15) is 31.9 Å². The van der Waals surface area contributed by atoms with Gasteiger partial charge in [-0.15, -0.1) is 0 Å². The summed E-state index contributed by atoms with van der Waals surface area (Å²) < 4.78 is 1.17. The zero-order valence-electron chi connectivity index (χ0n) is 9.96. The number of nitrogens with zero attached hydrogens (tertiary/aromatic N) is 1. The second kappa shape index (κ2) is 5.19. The summed E-state index contributed by atoms with van der Waals surface area (Å²) in [5.41, 5.74) is 2.73. The fourth-order valence-corrected chi connectivity index (χ4v) is 2.89. The fourth-order valence-electron chi connectivity index (χ4n) is 2.51. The van der Waals surface area contributed by atoms with Gasteiger partial charge in [-0.05, 0) is 43.3 Å². The molecular formula is C13H19BrN2. The lowest BCUT2D eigenvalue weighted by Gasteiger charge is -2.35. The topological polar surface area (TPSA) is 15.3 Å². The second-order valence-corrected chi connectivity index (χ2v) is 5.10. The molecule has 1 atom stereocenters. The van der Waals surface area contributed by atoms with Crippen LogP contribution in [0.25, 0.3) is 0 Å². The van der Waals surface area contributed by atoms with Crippen molar-refractivity contribution in [2.75, 3.05) is 25.0 Å². The minimum absolute atomic E-state index is 0.573. The average Bonchev–Trinajstić information content (AvgIpc) is 2.31. The molecule has 16 heavy (non-hydrogen) atoms. The number of fused-ring (bicyclic) bond motifs is 1. The molecule has 2 rings (SSSR count). The van der Waals surface area contributed by atoms with E-state index in [-0.39, 0.29) is 0 Å². The molecule has 0 bridgehead atoms. The number of hydrogen-bond acceptors (Lipinski definition) is 2. The van der Waals surface area contributed by atoms with Crippen LogP contribution in [0.5, 0.6) is 0 Å². The van der Waals surface area contributed by atoms with Gasteiger partial charge in [-0.25, -0.2) is 0 Å². The van der Waals surface area contributed by atoms with Crippen molar-refractivity contribution in [1.82, 2.24) is 4.90 Å². The summed E-state index contributed by atoms with van der Waals surface area (Å²) in [5.74, 6) is 0. The van der Waals surface area contributed by atoms with Crippen LogP contribution in [-0.4, -0.2) is 24.5 Å². The first kappa shape index (κ1) is 11.9. The fraction of sp³-hybridized carbons (Fsp3) is 0.538. The number of nitrogens with one attached hydrogen (secondary N) is 1. The van der Waals surface area contributed by atoms with E-state index in [0.29, 0.717) is 6.04 Å². The van der Waals surface area contributed by atoms with E-state index >= 15 is 0 Å². The van der Waals surface area contributed by atoms with E-state index in [1.807, 2.05) is 0 Å². The van der Waals surface area contributed by atoms with Crippen molar-refractivity contribution in [2.45, 2.75) is 26.3 Å². The molecule has 0 saturated heterocycles. The summed E-state index contributed by atoms with van der Waals surface area (Å²) in [7, 11) is 0. The van der Waals surface area contributed by atoms with Crippen LogP contribution in [-0.2, 0) is 0 Å². The highest BCUT2D eigenvalue weighted by atomic mass is 79.9. The molecule has 0 aliphatic carbocycles. The van der Waals surface area contributed by atoms with Crippen LogP contribution in [0.4, 0.5) is 5.69 Å². The van der Waals surface area contributed by atoms with Crippen molar-refractivity contribution >= 4 is 21.6 Å². The van der Waals surface area contributed by atoms with Crippen LogP contribution >= 0.6 is 15.9 Å². The highest BCUT2D eigenvalue weighted by Gasteiger charge is 2.23. The zero-order valence-corrected chi connectivity index (χ0v) is 11.5. The van der Waals surface area contributed by atoms with E-state index in [9.17, 15) is 0 Å². The lowest BCUT2D eigenvalue weighted by molar-refractivity contribution is 0.208. The maximum absolute atomic E-state index is 3.56. The van der Waals surface area contributed by atoms with Crippen LogP contribution in [0.2, 0.25) is 0 Å². The van der Waals surface area contributed by atoms with E-state index in [4.69, 9.17) is 0 Å². The van der Waals surface area contributed by atoms with Crippen LogP contribution in [0.3, 0.4) is 0 Å². The summed E-state index contributed by atoms with van der Waals surface area (Å²) in [6.45, 7) is 7.79. The Morgan fingerprint density at radius 3 is 2.81 bits per heavy atom. The quantitative estimate of drug-likeness (QED) is 0.911. The predicted octanol–water partition coefficient (Wildman–Crippen LogP) is 3.65. The Kier molecular flexibility index (Phi) is 3.87. The van der Waals surface area contributed by atoms with Gasteiger partial charge in [0, 0.05) is 22.7 Å². The number of anilines is 1. The van der Waals surface area contributed by atoms with Crippen LogP contribution in [0.15, 0.2) is 22.7 Å². The molecule has 0 aromatic heterocycles. The van der Waals surface area contributed by atoms with Gasteiger partial charge in [0.15, 0.2) is 0 Å². The predicted molar refractivity (Wildman–Crippen MR) is 72.9 cm³/mol. The van der Waals surface area contributed by atoms with E-state index in [2.05, 4.69) is 58.2 Å². The van der Waals surface area contributed by atoms with Crippen LogP contribution in [0, 0.1) is 0 Å². The molecule has 1 N–H and O–H groups in total. The zero-order chi connectivity index (χ0) is 11.5. The van der Waals surface area contributed by atoms with Crippen molar-refractivity contribution in [3.05, 3.63) is 28.2 Å². The molecule has 1 aliphatic heterocycles. The summed E-state index contributed by atoms with van der Waals surface area (Å²) in [4.78, 5) is 2.53. The molecule has 1 heterocycles. The lowest BCUT2D eigenvalue weighted by atomic mass is 9.96. The van der Waals surface area contributed by atoms with E-state index in [1.54, 1.807) is 0 Å². The Morgan fingerprint density at radius 1 is 1.38 bits per heavy atom. The Bertz CT molecular complexity index is 361. The molecule has 2 nitrogen and oxygen atoms in total. The Labute approximate surface area is 106 Å². The minimum atomic E-state index is 0.573. The van der Waals surface area contributed by atoms with Gasteiger partial charge in [0.1, 0.15) is 0 Å². The summed E-state index contributed by atoms with van der Waals surface area (Å²) in [6, 6.07) is 7.11. The summed E-state index contributed by atoms with van der Waals surface area (Å²) in [6.07, 6.45) is 1.20. The van der Waals surface area contributed by atoms with Gasteiger partial charge in [0.05, 0.1) is 0 Å². The van der Waals surface area contributed by atoms with Gasteiger partial charge in [-0.2, -0.15) is 0 Å². The number of hydrogen-bond donors (Lipinski definition) is 1. The molecule has 1 aliphatic rings. The molecule has 0 spiro atoms. The van der Waals surface area contributed by atoms with Crippen LogP contribution < -0.4 is 5.32 Å². The van der Waals surface area contributed by atoms with Gasteiger partial charge >= 0.3 is 0 Å². The molecule has 0 radical (unpaired) electrons.